The largest absolute Gasteiger partial charge is 0.310 e. The van der Waals surface area contributed by atoms with Crippen LogP contribution in [0.15, 0.2) is 42.5 Å². The van der Waals surface area contributed by atoms with Crippen LogP contribution in [0.1, 0.15) is 17.5 Å². The highest BCUT2D eigenvalue weighted by molar-refractivity contribution is 5.77. The summed E-state index contributed by atoms with van der Waals surface area (Å²) >= 11 is 0. The Hall–Kier alpha value is -1.38. The molecule has 1 aromatic carbocycles. The van der Waals surface area contributed by atoms with Gasteiger partial charge in [0.2, 0.25) is 0 Å². The average molecular weight is 200 g/mol. The van der Waals surface area contributed by atoms with E-state index in [4.69, 9.17) is 11.5 Å². The van der Waals surface area contributed by atoms with E-state index >= 15 is 0 Å². The molecule has 0 aliphatic heterocycles. The second kappa shape index (κ2) is 3.65. The highest BCUT2D eigenvalue weighted by atomic mass is 14.9. The molecule has 0 amide bonds. The number of rotatable bonds is 1. The van der Waals surface area contributed by atoms with E-state index in [1.165, 1.54) is 16.7 Å². The SMILES string of the molecule is Cc1ccccc1C1=CCC(N)(N)C=C1. The highest BCUT2D eigenvalue weighted by Crippen LogP contribution is 2.25. The van der Waals surface area contributed by atoms with Gasteiger partial charge in [-0.3, -0.25) is 0 Å². The molecule has 4 N–H and O–H groups in total. The van der Waals surface area contributed by atoms with Crippen LogP contribution in [0.2, 0.25) is 0 Å². The van der Waals surface area contributed by atoms with Crippen molar-refractivity contribution in [2.24, 2.45) is 11.5 Å². The molecule has 0 saturated carbocycles. The lowest BCUT2D eigenvalue weighted by Crippen LogP contribution is -2.47. The van der Waals surface area contributed by atoms with Crippen LogP contribution >= 0.6 is 0 Å². The Bertz CT molecular complexity index is 428. The van der Waals surface area contributed by atoms with Gasteiger partial charge in [-0.05, 0) is 29.7 Å². The van der Waals surface area contributed by atoms with Crippen molar-refractivity contribution in [1.29, 1.82) is 0 Å². The van der Waals surface area contributed by atoms with Crippen molar-refractivity contribution in [2.45, 2.75) is 19.0 Å². The molecule has 2 nitrogen and oxygen atoms in total. The first-order valence-electron chi connectivity index (χ1n) is 5.12. The van der Waals surface area contributed by atoms with Gasteiger partial charge in [-0.2, -0.15) is 0 Å². The molecular weight excluding hydrogens is 184 g/mol. The zero-order chi connectivity index (χ0) is 10.9. The first-order chi connectivity index (χ1) is 7.08. The number of allylic oxidation sites excluding steroid dienone is 2. The minimum atomic E-state index is -0.674. The van der Waals surface area contributed by atoms with Crippen molar-refractivity contribution in [3.8, 4) is 0 Å². The number of nitrogens with two attached hydrogens (primary N) is 2. The number of hydrogen-bond donors (Lipinski definition) is 2. The molecule has 0 spiro atoms. The topological polar surface area (TPSA) is 52.0 Å². The predicted octanol–water partition coefficient (Wildman–Crippen LogP) is 1.95. The summed E-state index contributed by atoms with van der Waals surface area (Å²) in [5.41, 5.74) is 14.7. The Morgan fingerprint density at radius 2 is 1.93 bits per heavy atom. The Labute approximate surface area is 90.3 Å². The highest BCUT2D eigenvalue weighted by Gasteiger charge is 2.17. The quantitative estimate of drug-likeness (QED) is 0.681. The Balaban J connectivity index is 2.32. The third kappa shape index (κ3) is 2.17. The normalized spacial score (nSPS) is 18.7. The smallest absolute Gasteiger partial charge is 0.0867 e. The van der Waals surface area contributed by atoms with Crippen LogP contribution < -0.4 is 11.5 Å². The Morgan fingerprint density at radius 3 is 2.53 bits per heavy atom. The minimum absolute atomic E-state index is 0.674. The Kier molecular flexibility index (Phi) is 2.47. The molecule has 0 fully saturated rings. The zero-order valence-corrected chi connectivity index (χ0v) is 8.90. The molecule has 0 unspecified atom stereocenters. The standard InChI is InChI=1S/C13H16N2/c1-10-4-2-3-5-12(10)11-6-8-13(14,15)9-7-11/h2-8H,9,14-15H2,1H3. The second-order valence-electron chi connectivity index (χ2n) is 4.12. The van der Waals surface area contributed by atoms with Crippen molar-refractivity contribution in [3.63, 3.8) is 0 Å². The molecule has 0 bridgehead atoms. The van der Waals surface area contributed by atoms with Crippen molar-refractivity contribution >= 4 is 5.57 Å². The maximum atomic E-state index is 5.80. The monoisotopic (exact) mass is 200 g/mol. The van der Waals surface area contributed by atoms with Gasteiger partial charge in [0.25, 0.3) is 0 Å². The van der Waals surface area contributed by atoms with Crippen LogP contribution in [0.5, 0.6) is 0 Å². The summed E-state index contributed by atoms with van der Waals surface area (Å²) in [5.74, 6) is 0. The van der Waals surface area contributed by atoms with E-state index in [1.807, 2.05) is 24.3 Å². The zero-order valence-electron chi connectivity index (χ0n) is 8.90. The lowest BCUT2D eigenvalue weighted by molar-refractivity contribution is 0.559. The van der Waals surface area contributed by atoms with Crippen LogP contribution in [0.3, 0.4) is 0 Å². The molecule has 0 saturated heterocycles. The minimum Gasteiger partial charge on any atom is -0.310 e. The van der Waals surface area contributed by atoms with E-state index in [0.29, 0.717) is 6.42 Å². The van der Waals surface area contributed by atoms with Crippen molar-refractivity contribution in [1.82, 2.24) is 0 Å². The summed E-state index contributed by atoms with van der Waals surface area (Å²) in [4.78, 5) is 0. The molecule has 15 heavy (non-hydrogen) atoms. The predicted molar refractivity (Wildman–Crippen MR) is 64.0 cm³/mol. The fourth-order valence-electron chi connectivity index (χ4n) is 1.76. The van der Waals surface area contributed by atoms with E-state index in [0.717, 1.165) is 0 Å². The molecule has 1 aromatic rings. The molecule has 0 aromatic heterocycles. The molecule has 78 valence electrons. The lowest BCUT2D eigenvalue weighted by Gasteiger charge is -2.23. The molecule has 1 aliphatic carbocycles. The van der Waals surface area contributed by atoms with Crippen molar-refractivity contribution < 1.29 is 0 Å². The third-order valence-electron chi connectivity index (χ3n) is 2.70. The van der Waals surface area contributed by atoms with Crippen molar-refractivity contribution in [3.05, 3.63) is 53.6 Å². The van der Waals surface area contributed by atoms with Crippen LogP contribution in [-0.4, -0.2) is 5.66 Å². The number of benzene rings is 1. The fraction of sp³-hybridized carbons (Fsp3) is 0.231. The molecule has 2 heteroatoms. The van der Waals surface area contributed by atoms with Crippen LogP contribution in [0.25, 0.3) is 5.57 Å². The van der Waals surface area contributed by atoms with Gasteiger partial charge in [-0.1, -0.05) is 36.4 Å². The molecule has 2 rings (SSSR count). The summed E-state index contributed by atoms with van der Waals surface area (Å²) in [5, 5.41) is 0. The number of hydrogen-bond acceptors (Lipinski definition) is 2. The maximum absolute atomic E-state index is 5.80. The number of aryl methyl sites for hydroxylation is 1. The van der Waals surface area contributed by atoms with Crippen LogP contribution in [0, 0.1) is 6.92 Å². The van der Waals surface area contributed by atoms with E-state index in [9.17, 15) is 0 Å². The van der Waals surface area contributed by atoms with E-state index in [-0.39, 0.29) is 0 Å². The molecular formula is C13H16N2. The fourth-order valence-corrected chi connectivity index (χ4v) is 1.76. The van der Waals surface area contributed by atoms with Gasteiger partial charge >= 0.3 is 0 Å². The van der Waals surface area contributed by atoms with Crippen LogP contribution in [-0.2, 0) is 0 Å². The van der Waals surface area contributed by atoms with Gasteiger partial charge in [0.15, 0.2) is 0 Å². The molecule has 1 aliphatic rings. The Morgan fingerprint density at radius 1 is 1.20 bits per heavy atom. The van der Waals surface area contributed by atoms with E-state index in [1.54, 1.807) is 0 Å². The first kappa shape index (κ1) is 10.1. The van der Waals surface area contributed by atoms with Gasteiger partial charge in [0.1, 0.15) is 0 Å². The molecule has 0 heterocycles. The summed E-state index contributed by atoms with van der Waals surface area (Å²) in [6.45, 7) is 2.11. The second-order valence-corrected chi connectivity index (χ2v) is 4.12. The van der Waals surface area contributed by atoms with E-state index < -0.39 is 5.66 Å². The first-order valence-corrected chi connectivity index (χ1v) is 5.12. The molecule has 0 radical (unpaired) electrons. The summed E-state index contributed by atoms with van der Waals surface area (Å²) in [6, 6.07) is 8.31. The van der Waals surface area contributed by atoms with Gasteiger partial charge < -0.3 is 11.5 Å². The summed E-state index contributed by atoms with van der Waals surface area (Å²) in [6.07, 6.45) is 6.66. The summed E-state index contributed by atoms with van der Waals surface area (Å²) in [7, 11) is 0. The van der Waals surface area contributed by atoms with Crippen LogP contribution in [0.4, 0.5) is 0 Å². The van der Waals surface area contributed by atoms with Gasteiger partial charge in [-0.15, -0.1) is 0 Å². The van der Waals surface area contributed by atoms with Gasteiger partial charge in [0, 0.05) is 6.42 Å². The van der Waals surface area contributed by atoms with Gasteiger partial charge in [0.05, 0.1) is 5.66 Å². The summed E-state index contributed by atoms with van der Waals surface area (Å²) < 4.78 is 0. The third-order valence-corrected chi connectivity index (χ3v) is 2.70. The lowest BCUT2D eigenvalue weighted by atomic mass is 9.92. The van der Waals surface area contributed by atoms with Gasteiger partial charge in [-0.25, -0.2) is 0 Å². The average Bonchev–Trinajstić information content (AvgIpc) is 2.19. The van der Waals surface area contributed by atoms with E-state index in [2.05, 4.69) is 25.1 Å². The maximum Gasteiger partial charge on any atom is 0.0867 e. The molecule has 0 atom stereocenters. The van der Waals surface area contributed by atoms with Crippen molar-refractivity contribution in [2.75, 3.05) is 0 Å².